The summed E-state index contributed by atoms with van der Waals surface area (Å²) in [5.74, 6) is 0.637. The van der Waals surface area contributed by atoms with Crippen LogP contribution in [0.25, 0.3) is 0 Å². The second kappa shape index (κ2) is 6.42. The predicted octanol–water partition coefficient (Wildman–Crippen LogP) is 2.69. The standard InChI is InChI=1S/C11H17F3N4/c1-3-6-15-10-16-7-5-9(17-10)18(4-2)8-11(12,13)14/h5,7H,3-4,6,8H2,1-2H3,(H,15,16,17). The van der Waals surface area contributed by atoms with Gasteiger partial charge in [-0.2, -0.15) is 18.2 Å². The summed E-state index contributed by atoms with van der Waals surface area (Å²) in [6.45, 7) is 3.57. The summed E-state index contributed by atoms with van der Waals surface area (Å²) in [4.78, 5) is 9.19. The molecule has 0 radical (unpaired) electrons. The number of halogens is 3. The molecule has 0 saturated heterocycles. The van der Waals surface area contributed by atoms with Crippen molar-refractivity contribution in [3.8, 4) is 0 Å². The highest BCUT2D eigenvalue weighted by atomic mass is 19.4. The van der Waals surface area contributed by atoms with E-state index in [0.717, 1.165) is 6.42 Å². The first-order valence-electron chi connectivity index (χ1n) is 5.85. The van der Waals surface area contributed by atoms with E-state index in [1.807, 2.05) is 6.92 Å². The second-order valence-corrected chi connectivity index (χ2v) is 3.79. The summed E-state index contributed by atoms with van der Waals surface area (Å²) in [6, 6.07) is 1.48. The molecule has 4 nitrogen and oxygen atoms in total. The molecule has 102 valence electrons. The van der Waals surface area contributed by atoms with Gasteiger partial charge in [-0.3, -0.25) is 0 Å². The van der Waals surface area contributed by atoms with Crippen molar-refractivity contribution in [2.24, 2.45) is 0 Å². The molecule has 1 aromatic rings. The Balaban J connectivity index is 2.79. The van der Waals surface area contributed by atoms with Gasteiger partial charge in [-0.05, 0) is 19.4 Å². The van der Waals surface area contributed by atoms with E-state index < -0.39 is 12.7 Å². The Morgan fingerprint density at radius 3 is 2.61 bits per heavy atom. The number of nitrogens with one attached hydrogen (secondary N) is 1. The van der Waals surface area contributed by atoms with Crippen LogP contribution in [-0.2, 0) is 0 Å². The maximum atomic E-state index is 12.4. The molecule has 1 heterocycles. The molecule has 1 rings (SSSR count). The Labute approximate surface area is 104 Å². The molecule has 1 N–H and O–H groups in total. The Morgan fingerprint density at radius 2 is 2.06 bits per heavy atom. The Hall–Kier alpha value is -1.53. The highest BCUT2D eigenvalue weighted by molar-refractivity contribution is 5.42. The summed E-state index contributed by atoms with van der Waals surface area (Å²) in [5.41, 5.74) is 0. The molecule has 0 aliphatic heterocycles. The molecule has 0 fully saturated rings. The van der Waals surface area contributed by atoms with Crippen LogP contribution in [0.3, 0.4) is 0 Å². The van der Waals surface area contributed by atoms with Crippen molar-refractivity contribution in [2.75, 3.05) is 29.9 Å². The zero-order valence-electron chi connectivity index (χ0n) is 10.5. The predicted molar refractivity (Wildman–Crippen MR) is 64.8 cm³/mol. The van der Waals surface area contributed by atoms with Crippen LogP contribution in [0.1, 0.15) is 20.3 Å². The molecule has 0 bridgehead atoms. The Morgan fingerprint density at radius 1 is 1.33 bits per heavy atom. The van der Waals surface area contributed by atoms with Gasteiger partial charge in [0, 0.05) is 19.3 Å². The molecule has 0 aromatic carbocycles. The lowest BCUT2D eigenvalue weighted by atomic mass is 10.4. The first-order chi connectivity index (χ1) is 8.46. The number of nitrogens with zero attached hydrogens (tertiary/aromatic N) is 3. The smallest absolute Gasteiger partial charge is 0.354 e. The van der Waals surface area contributed by atoms with Crippen LogP contribution in [-0.4, -0.2) is 35.8 Å². The first-order valence-corrected chi connectivity index (χ1v) is 5.85. The fourth-order valence-corrected chi connectivity index (χ4v) is 1.42. The topological polar surface area (TPSA) is 41.1 Å². The minimum atomic E-state index is -4.24. The summed E-state index contributed by atoms with van der Waals surface area (Å²) in [6.07, 6.45) is -1.88. The summed E-state index contributed by atoms with van der Waals surface area (Å²) < 4.78 is 37.1. The molecule has 0 aliphatic rings. The van der Waals surface area contributed by atoms with E-state index in [0.29, 0.717) is 12.5 Å². The molecular weight excluding hydrogens is 245 g/mol. The zero-order valence-corrected chi connectivity index (χ0v) is 10.5. The maximum absolute atomic E-state index is 12.4. The van der Waals surface area contributed by atoms with Crippen molar-refractivity contribution in [1.29, 1.82) is 0 Å². The van der Waals surface area contributed by atoms with E-state index in [-0.39, 0.29) is 12.4 Å². The van der Waals surface area contributed by atoms with E-state index in [2.05, 4.69) is 15.3 Å². The van der Waals surface area contributed by atoms with Crippen molar-refractivity contribution >= 4 is 11.8 Å². The van der Waals surface area contributed by atoms with Gasteiger partial charge >= 0.3 is 6.18 Å². The first kappa shape index (κ1) is 14.5. The van der Waals surface area contributed by atoms with E-state index in [9.17, 15) is 13.2 Å². The Bertz CT molecular complexity index is 368. The molecule has 0 atom stereocenters. The average Bonchev–Trinajstić information content (AvgIpc) is 2.32. The highest BCUT2D eigenvalue weighted by Gasteiger charge is 2.30. The van der Waals surface area contributed by atoms with Crippen molar-refractivity contribution in [1.82, 2.24) is 9.97 Å². The van der Waals surface area contributed by atoms with Gasteiger partial charge in [0.1, 0.15) is 12.4 Å². The SMILES string of the molecule is CCCNc1nccc(N(CC)CC(F)(F)F)n1. The molecule has 0 aliphatic carbocycles. The molecule has 18 heavy (non-hydrogen) atoms. The summed E-state index contributed by atoms with van der Waals surface area (Å²) in [7, 11) is 0. The van der Waals surface area contributed by atoms with Crippen LogP contribution in [0.4, 0.5) is 24.9 Å². The molecule has 0 spiro atoms. The molecule has 0 unspecified atom stereocenters. The number of aromatic nitrogens is 2. The van der Waals surface area contributed by atoms with Crippen molar-refractivity contribution in [3.05, 3.63) is 12.3 Å². The second-order valence-electron chi connectivity index (χ2n) is 3.79. The normalized spacial score (nSPS) is 11.4. The van der Waals surface area contributed by atoms with E-state index in [4.69, 9.17) is 0 Å². The van der Waals surface area contributed by atoms with Crippen molar-refractivity contribution in [2.45, 2.75) is 26.4 Å². The van der Waals surface area contributed by atoms with Crippen LogP contribution in [0.2, 0.25) is 0 Å². The van der Waals surface area contributed by atoms with Crippen LogP contribution < -0.4 is 10.2 Å². The van der Waals surface area contributed by atoms with E-state index in [1.165, 1.54) is 17.2 Å². The van der Waals surface area contributed by atoms with Gasteiger partial charge in [0.05, 0.1) is 0 Å². The number of alkyl halides is 3. The van der Waals surface area contributed by atoms with Gasteiger partial charge in [0.2, 0.25) is 5.95 Å². The van der Waals surface area contributed by atoms with Gasteiger partial charge in [-0.25, -0.2) is 4.98 Å². The number of hydrogen-bond acceptors (Lipinski definition) is 4. The third-order valence-corrected chi connectivity index (χ3v) is 2.25. The van der Waals surface area contributed by atoms with Crippen LogP contribution in [0.5, 0.6) is 0 Å². The molecule has 0 amide bonds. The molecule has 0 saturated carbocycles. The fraction of sp³-hybridized carbons (Fsp3) is 0.636. The third-order valence-electron chi connectivity index (χ3n) is 2.25. The van der Waals surface area contributed by atoms with Gasteiger partial charge < -0.3 is 10.2 Å². The average molecular weight is 262 g/mol. The third kappa shape index (κ3) is 4.77. The number of anilines is 2. The van der Waals surface area contributed by atoms with Gasteiger partial charge in [0.25, 0.3) is 0 Å². The minimum Gasteiger partial charge on any atom is -0.354 e. The summed E-state index contributed by atoms with van der Waals surface area (Å²) in [5, 5.41) is 2.95. The van der Waals surface area contributed by atoms with Crippen molar-refractivity contribution in [3.63, 3.8) is 0 Å². The van der Waals surface area contributed by atoms with Crippen LogP contribution >= 0.6 is 0 Å². The largest absolute Gasteiger partial charge is 0.405 e. The number of rotatable bonds is 6. The van der Waals surface area contributed by atoms with Crippen LogP contribution in [0.15, 0.2) is 12.3 Å². The van der Waals surface area contributed by atoms with Crippen LogP contribution in [0, 0.1) is 0 Å². The van der Waals surface area contributed by atoms with Gasteiger partial charge in [0.15, 0.2) is 0 Å². The quantitative estimate of drug-likeness (QED) is 0.855. The summed E-state index contributed by atoms with van der Waals surface area (Å²) >= 11 is 0. The minimum absolute atomic E-state index is 0.240. The maximum Gasteiger partial charge on any atom is 0.405 e. The van der Waals surface area contributed by atoms with Gasteiger partial charge in [-0.15, -0.1) is 0 Å². The lowest BCUT2D eigenvalue weighted by Gasteiger charge is -2.23. The van der Waals surface area contributed by atoms with Crippen molar-refractivity contribution < 1.29 is 13.2 Å². The Kier molecular flexibility index (Phi) is 5.18. The highest BCUT2D eigenvalue weighted by Crippen LogP contribution is 2.20. The lowest BCUT2D eigenvalue weighted by Crippen LogP contribution is -2.34. The van der Waals surface area contributed by atoms with Gasteiger partial charge in [-0.1, -0.05) is 6.92 Å². The molecule has 1 aromatic heterocycles. The fourth-order valence-electron chi connectivity index (χ4n) is 1.42. The van der Waals surface area contributed by atoms with E-state index in [1.54, 1.807) is 6.92 Å². The monoisotopic (exact) mass is 262 g/mol. The number of hydrogen-bond donors (Lipinski definition) is 1. The zero-order chi connectivity index (χ0) is 13.6. The lowest BCUT2D eigenvalue weighted by molar-refractivity contribution is -0.119. The van der Waals surface area contributed by atoms with E-state index >= 15 is 0 Å². The molecule has 7 heteroatoms. The molecular formula is C11H17F3N4.